The molecule has 3 rings (SSSR count). The van der Waals surface area contributed by atoms with Crippen molar-refractivity contribution in [3.63, 3.8) is 0 Å². The lowest BCUT2D eigenvalue weighted by Crippen LogP contribution is -2.56. The van der Waals surface area contributed by atoms with Gasteiger partial charge in [-0.05, 0) is 100.0 Å². The molecule has 1 aliphatic heterocycles. The molecular formula is C63H109NO12Si3. The summed E-state index contributed by atoms with van der Waals surface area (Å²) in [6.07, 6.45) is -0.205. The average Bonchev–Trinajstić information content (AvgIpc) is 3.35. The van der Waals surface area contributed by atoms with E-state index in [2.05, 4.69) is 129 Å². The van der Waals surface area contributed by atoms with Crippen LogP contribution in [0.25, 0.3) is 0 Å². The third-order valence-corrected chi connectivity index (χ3v) is 34.7. The van der Waals surface area contributed by atoms with Crippen molar-refractivity contribution in [1.29, 1.82) is 0 Å². The monoisotopic (exact) mass is 1160 g/mol. The van der Waals surface area contributed by atoms with Crippen LogP contribution < -0.4 is 14.5 Å². The Labute approximate surface area is 481 Å². The maximum atomic E-state index is 14.7. The van der Waals surface area contributed by atoms with Crippen LogP contribution in [-0.4, -0.2) is 103 Å². The zero-order valence-corrected chi connectivity index (χ0v) is 56.4. The van der Waals surface area contributed by atoms with Gasteiger partial charge in [0.05, 0.1) is 31.0 Å². The van der Waals surface area contributed by atoms with Crippen LogP contribution in [0.5, 0.6) is 11.5 Å². The summed E-state index contributed by atoms with van der Waals surface area (Å²) in [5.41, 5.74) is 3.11. The largest absolute Gasteiger partial charge is 0.542 e. The molecule has 8 atom stereocenters. The number of amides is 1. The van der Waals surface area contributed by atoms with Gasteiger partial charge in [-0.25, -0.2) is 4.79 Å². The molecule has 1 amide bonds. The fraction of sp³-hybridized carbons (Fsp3) is 0.730. The van der Waals surface area contributed by atoms with Gasteiger partial charge in [0.25, 0.3) is 14.2 Å². The Balaban J connectivity index is 1.96. The van der Waals surface area contributed by atoms with Crippen molar-refractivity contribution in [3.05, 3.63) is 70.9 Å². The smallest absolute Gasteiger partial charge is 0.342 e. The number of benzene rings is 2. The topological polar surface area (TPSA) is 168 Å². The first kappa shape index (κ1) is 70.1. The van der Waals surface area contributed by atoms with E-state index in [1.54, 1.807) is 19.4 Å². The van der Waals surface area contributed by atoms with E-state index in [4.69, 9.17) is 32.2 Å². The zero-order valence-electron chi connectivity index (χ0n) is 53.4. The molecule has 1 heterocycles. The van der Waals surface area contributed by atoms with Crippen LogP contribution in [0.15, 0.2) is 48.7 Å². The highest BCUT2D eigenvalue weighted by Gasteiger charge is 2.51. The van der Waals surface area contributed by atoms with Crippen molar-refractivity contribution in [2.75, 3.05) is 13.7 Å². The van der Waals surface area contributed by atoms with Gasteiger partial charge in [-0.2, -0.15) is 0 Å². The number of aliphatic hydroxyl groups is 2. The highest BCUT2D eigenvalue weighted by atomic mass is 28.4. The first-order chi connectivity index (χ1) is 36.4. The molecule has 2 aromatic rings. The van der Waals surface area contributed by atoms with E-state index < -0.39 is 84.8 Å². The SMILES string of the molecule is CO[C@@H](CC(C)COCc1ccccc1)[C@H](O[Si](C(C)C)(C(C)C)C(C)C)C(=O)N/C=C/C[C@@H](O[Si](C)(C)C(C)(C)C)C(C)(C)C(O)C[C@H](O)[C@@H](C)[C@H]1Cc2c(C)c(OC(C)=O)cc(O[Si](C(C)C)(C(C)C)C(C)C)c2C(=O)O1. The van der Waals surface area contributed by atoms with Gasteiger partial charge >= 0.3 is 11.9 Å². The van der Waals surface area contributed by atoms with Crippen LogP contribution in [0.1, 0.15) is 185 Å². The van der Waals surface area contributed by atoms with Crippen LogP contribution >= 0.6 is 0 Å². The Morgan fingerprint density at radius 2 is 1.34 bits per heavy atom. The standard InChI is InChI=1S/C63H109NO12Si3/c1-39(2)78(40(3)4,41(5)6)74-54-36-53(72-48(16)65)46(14)50-34-52(73-61(69)58(50)54)47(15)51(66)35-56(67)63(20,21)57(75-77(23,24)62(17,18)19)31-28-32-64-60(68)59(76-79(42(7)8,43(9)10)44(11)12)55(70-22)33-45(13)37-71-38-49-29-26-25-27-30-49/h25-30,32,36,39-45,47,51-52,55-57,59,66-67H,31,33-35,37-38H2,1-24H3,(H,64,68)/b32-28+/t45?,47-,51+,52-,55+,56?,57-,59+/m1/s1. The molecule has 0 saturated heterocycles. The molecule has 0 radical (unpaired) electrons. The van der Waals surface area contributed by atoms with Crippen molar-refractivity contribution in [2.24, 2.45) is 17.3 Å². The van der Waals surface area contributed by atoms with Gasteiger partial charge in [0.1, 0.15) is 23.2 Å². The molecule has 13 nitrogen and oxygen atoms in total. The first-order valence-electron chi connectivity index (χ1n) is 29.5. The van der Waals surface area contributed by atoms with Crippen LogP contribution in [0.3, 0.4) is 0 Å². The molecule has 0 spiro atoms. The van der Waals surface area contributed by atoms with Gasteiger partial charge in [-0.15, -0.1) is 0 Å². The van der Waals surface area contributed by atoms with Gasteiger partial charge in [0.2, 0.25) is 8.32 Å². The van der Waals surface area contributed by atoms with E-state index in [9.17, 15) is 24.6 Å². The molecule has 16 heteroatoms. The zero-order chi connectivity index (χ0) is 60.3. The maximum absolute atomic E-state index is 14.7. The van der Waals surface area contributed by atoms with Gasteiger partial charge in [0, 0.05) is 50.9 Å². The summed E-state index contributed by atoms with van der Waals surface area (Å²) < 4.78 is 45.8. The Morgan fingerprint density at radius 3 is 1.84 bits per heavy atom. The Hall–Kier alpha value is -3.20. The predicted molar refractivity (Wildman–Crippen MR) is 327 cm³/mol. The lowest BCUT2D eigenvalue weighted by Gasteiger charge is -2.46. The van der Waals surface area contributed by atoms with Crippen LogP contribution in [0, 0.1) is 24.2 Å². The summed E-state index contributed by atoms with van der Waals surface area (Å²) in [5.74, 6) is -1.18. The maximum Gasteiger partial charge on any atom is 0.342 e. The molecule has 3 N–H and O–H groups in total. The van der Waals surface area contributed by atoms with E-state index in [0.29, 0.717) is 54.2 Å². The first-order valence-corrected chi connectivity index (χ1v) is 36.7. The second-order valence-corrected chi connectivity index (χ2v) is 42.5. The number of carbonyl (C=O) groups excluding carboxylic acids is 3. The van der Waals surface area contributed by atoms with E-state index in [1.165, 1.54) is 6.92 Å². The number of ether oxygens (including phenoxy) is 4. The number of esters is 2. The molecule has 450 valence electrons. The van der Waals surface area contributed by atoms with Gasteiger partial charge < -0.3 is 47.8 Å². The van der Waals surface area contributed by atoms with E-state index in [0.717, 1.165) is 5.56 Å². The van der Waals surface area contributed by atoms with E-state index >= 15 is 0 Å². The lowest BCUT2D eigenvalue weighted by atomic mass is 9.75. The molecule has 1 aliphatic rings. The second kappa shape index (κ2) is 29.4. The predicted octanol–water partition coefficient (Wildman–Crippen LogP) is 14.6. The minimum atomic E-state index is -2.59. The highest BCUT2D eigenvalue weighted by molar-refractivity contribution is 6.78. The lowest BCUT2D eigenvalue weighted by molar-refractivity contribution is -0.135. The molecule has 2 aromatic carbocycles. The summed E-state index contributed by atoms with van der Waals surface area (Å²) in [7, 11) is -6.00. The Kier molecular flexibility index (Phi) is 26.0. The number of carbonyl (C=O) groups is 3. The number of aliphatic hydroxyl groups excluding tert-OH is 2. The van der Waals surface area contributed by atoms with Gasteiger partial charge in [-0.1, -0.05) is 168 Å². The van der Waals surface area contributed by atoms with Crippen molar-refractivity contribution in [2.45, 2.75) is 266 Å². The molecule has 0 saturated carbocycles. The number of methoxy groups -OCH3 is 1. The number of fused-ring (bicyclic) bond motifs is 1. The molecule has 0 aliphatic carbocycles. The minimum absolute atomic E-state index is 0.0284. The second-order valence-electron chi connectivity index (χ2n) is 27.0. The quantitative estimate of drug-likeness (QED) is 0.0372. The molecule has 79 heavy (non-hydrogen) atoms. The third kappa shape index (κ3) is 17.2. The molecule has 0 bridgehead atoms. The Bertz CT molecular complexity index is 2250. The third-order valence-electron chi connectivity index (χ3n) is 18.1. The molecule has 0 aromatic heterocycles. The number of rotatable bonds is 31. The van der Waals surface area contributed by atoms with Crippen LogP contribution in [-0.2, 0) is 45.7 Å². The number of nitrogens with one attached hydrogen (secondary N) is 1. The Morgan fingerprint density at radius 1 is 0.797 bits per heavy atom. The summed E-state index contributed by atoms with van der Waals surface area (Å²) in [4.78, 5) is 41.5. The molecule has 0 fully saturated rings. The van der Waals surface area contributed by atoms with Crippen molar-refractivity contribution in [1.82, 2.24) is 5.32 Å². The normalized spacial score (nSPS) is 17.8. The van der Waals surface area contributed by atoms with E-state index in [-0.39, 0.29) is 63.0 Å². The summed E-state index contributed by atoms with van der Waals surface area (Å²) in [6.45, 7) is 49.2. The summed E-state index contributed by atoms with van der Waals surface area (Å²) in [5, 5.41) is 27.3. The fourth-order valence-corrected chi connectivity index (χ4v) is 24.5. The van der Waals surface area contributed by atoms with Crippen molar-refractivity contribution in [3.8, 4) is 11.5 Å². The average molecular weight is 1160 g/mol. The van der Waals surface area contributed by atoms with Crippen molar-refractivity contribution >= 4 is 42.8 Å². The number of cyclic esters (lactones) is 1. The highest BCUT2D eigenvalue weighted by Crippen LogP contribution is 2.48. The number of hydrogen-bond donors (Lipinski definition) is 3. The fourth-order valence-electron chi connectivity index (χ4n) is 12.2. The van der Waals surface area contributed by atoms with Gasteiger partial charge in [0.15, 0.2) is 14.4 Å². The van der Waals surface area contributed by atoms with Crippen molar-refractivity contribution < 1.29 is 56.8 Å². The van der Waals surface area contributed by atoms with Gasteiger partial charge in [-0.3, -0.25) is 9.59 Å². The van der Waals surface area contributed by atoms with Crippen LogP contribution in [0.2, 0.25) is 51.4 Å². The summed E-state index contributed by atoms with van der Waals surface area (Å²) >= 11 is 0. The minimum Gasteiger partial charge on any atom is -0.542 e. The van der Waals surface area contributed by atoms with Crippen LogP contribution in [0.4, 0.5) is 0 Å². The molecular weight excluding hydrogens is 1050 g/mol. The summed E-state index contributed by atoms with van der Waals surface area (Å²) in [6, 6.07) is 11.7. The van der Waals surface area contributed by atoms with E-state index in [1.807, 2.05) is 64.1 Å². The number of hydrogen-bond acceptors (Lipinski definition) is 12. The molecule has 2 unspecified atom stereocenters.